The first kappa shape index (κ1) is 18.6. The lowest BCUT2D eigenvalue weighted by atomic mass is 10.2. The number of ether oxygens (including phenoxy) is 1. The van der Waals surface area contributed by atoms with Crippen molar-refractivity contribution in [3.63, 3.8) is 0 Å². The van der Waals surface area contributed by atoms with Crippen LogP contribution in [0, 0.1) is 6.92 Å². The van der Waals surface area contributed by atoms with Crippen LogP contribution in [-0.2, 0) is 9.53 Å². The zero-order valence-electron chi connectivity index (χ0n) is 14.5. The van der Waals surface area contributed by atoms with Crippen molar-refractivity contribution in [2.45, 2.75) is 39.4 Å². The molecule has 1 aromatic carbocycles. The van der Waals surface area contributed by atoms with Crippen LogP contribution in [0.3, 0.4) is 0 Å². The third-order valence-electron chi connectivity index (χ3n) is 4.03. The molecule has 1 aliphatic heterocycles. The van der Waals surface area contributed by atoms with Gasteiger partial charge in [0.05, 0.1) is 13.0 Å². The molecule has 6 nitrogen and oxygen atoms in total. The Morgan fingerprint density at radius 2 is 1.92 bits per heavy atom. The summed E-state index contributed by atoms with van der Waals surface area (Å²) < 4.78 is 5.71. The van der Waals surface area contributed by atoms with Crippen LogP contribution in [-0.4, -0.2) is 42.9 Å². The van der Waals surface area contributed by atoms with Crippen molar-refractivity contribution in [1.29, 1.82) is 0 Å². The number of hydrazine groups is 1. The van der Waals surface area contributed by atoms with E-state index in [2.05, 4.69) is 30.0 Å². The molecule has 1 amide bonds. The van der Waals surface area contributed by atoms with Crippen molar-refractivity contribution >= 4 is 28.9 Å². The van der Waals surface area contributed by atoms with Crippen LogP contribution >= 0.6 is 12.2 Å². The molecule has 132 valence electrons. The molecule has 0 saturated carbocycles. The van der Waals surface area contributed by atoms with Crippen molar-refractivity contribution in [2.24, 2.45) is 0 Å². The molecule has 0 spiro atoms. The van der Waals surface area contributed by atoms with E-state index in [1.54, 1.807) is 0 Å². The SMILES string of the molecule is Cc1ccccc1NC(=S)NNC(=O)CC[NH+]1C[C@H](C)O[C@@H](C)C1. The number of anilines is 1. The standard InChI is InChI=1S/C17H26N4O2S/c1-12-6-4-5-7-15(12)18-17(24)20-19-16(22)8-9-21-10-13(2)23-14(3)11-21/h4-7,13-14H,8-11H2,1-3H3,(H,19,22)(H2,18,20,24)/p+1/t13-,14-/m0/s1. The zero-order valence-corrected chi connectivity index (χ0v) is 15.3. The number of aryl methyl sites for hydroxylation is 1. The Bertz CT molecular complexity index is 571. The first-order chi connectivity index (χ1) is 11.4. The first-order valence-electron chi connectivity index (χ1n) is 8.34. The summed E-state index contributed by atoms with van der Waals surface area (Å²) in [5.74, 6) is -0.0665. The molecule has 0 aliphatic carbocycles. The number of amides is 1. The van der Waals surface area contributed by atoms with Crippen molar-refractivity contribution in [3.05, 3.63) is 29.8 Å². The number of carbonyl (C=O) groups excluding carboxylic acids is 1. The van der Waals surface area contributed by atoms with Gasteiger partial charge in [-0.05, 0) is 44.6 Å². The molecule has 2 rings (SSSR count). The fourth-order valence-corrected chi connectivity index (χ4v) is 3.10. The van der Waals surface area contributed by atoms with Crippen LogP contribution in [0.2, 0.25) is 0 Å². The third kappa shape index (κ3) is 6.07. The second-order valence-electron chi connectivity index (χ2n) is 6.36. The maximum absolute atomic E-state index is 12.0. The number of para-hydroxylation sites is 1. The van der Waals surface area contributed by atoms with E-state index in [0.29, 0.717) is 11.5 Å². The predicted octanol–water partition coefficient (Wildman–Crippen LogP) is 0.395. The second-order valence-corrected chi connectivity index (χ2v) is 6.77. The second kappa shape index (κ2) is 8.96. The number of thiocarbonyl (C=S) groups is 1. The van der Waals surface area contributed by atoms with E-state index in [-0.39, 0.29) is 18.1 Å². The van der Waals surface area contributed by atoms with E-state index >= 15 is 0 Å². The fraction of sp³-hybridized carbons (Fsp3) is 0.529. The lowest BCUT2D eigenvalue weighted by molar-refractivity contribution is -0.914. The maximum Gasteiger partial charge on any atom is 0.244 e. The number of benzene rings is 1. The van der Waals surface area contributed by atoms with Crippen LogP contribution in [0.1, 0.15) is 25.8 Å². The van der Waals surface area contributed by atoms with E-state index < -0.39 is 0 Å². The highest BCUT2D eigenvalue weighted by Gasteiger charge is 2.25. The van der Waals surface area contributed by atoms with Crippen molar-refractivity contribution < 1.29 is 14.4 Å². The summed E-state index contributed by atoms with van der Waals surface area (Å²) in [6.45, 7) is 8.83. The number of hydrogen-bond acceptors (Lipinski definition) is 3. The Balaban J connectivity index is 1.67. The number of nitrogens with one attached hydrogen (secondary N) is 4. The molecule has 0 aromatic heterocycles. The molecular formula is C17H27N4O2S+. The van der Waals surface area contributed by atoms with E-state index in [0.717, 1.165) is 30.9 Å². The van der Waals surface area contributed by atoms with E-state index in [1.165, 1.54) is 4.90 Å². The topological polar surface area (TPSA) is 66.8 Å². The van der Waals surface area contributed by atoms with Crippen LogP contribution in [0.25, 0.3) is 0 Å². The summed E-state index contributed by atoms with van der Waals surface area (Å²) >= 11 is 5.20. The Kier molecular flexibility index (Phi) is 6.96. The van der Waals surface area contributed by atoms with Crippen molar-refractivity contribution in [2.75, 3.05) is 25.0 Å². The average Bonchev–Trinajstić information content (AvgIpc) is 2.52. The van der Waals surface area contributed by atoms with Gasteiger partial charge >= 0.3 is 0 Å². The highest BCUT2D eigenvalue weighted by molar-refractivity contribution is 7.80. The predicted molar refractivity (Wildman–Crippen MR) is 98.9 cm³/mol. The monoisotopic (exact) mass is 351 g/mol. The lowest BCUT2D eigenvalue weighted by Gasteiger charge is -2.32. The average molecular weight is 351 g/mol. The van der Waals surface area contributed by atoms with Crippen molar-refractivity contribution in [3.8, 4) is 0 Å². The van der Waals surface area contributed by atoms with Gasteiger partial charge in [-0.3, -0.25) is 15.6 Å². The molecule has 1 saturated heterocycles. The molecule has 2 atom stereocenters. The van der Waals surface area contributed by atoms with Crippen molar-refractivity contribution in [1.82, 2.24) is 10.9 Å². The van der Waals surface area contributed by atoms with E-state index in [4.69, 9.17) is 17.0 Å². The highest BCUT2D eigenvalue weighted by Crippen LogP contribution is 2.12. The summed E-state index contributed by atoms with van der Waals surface area (Å²) in [4.78, 5) is 13.4. The quantitative estimate of drug-likeness (QED) is 0.467. The minimum absolute atomic E-state index is 0.0665. The van der Waals surface area contributed by atoms with Gasteiger partial charge in [0, 0.05) is 5.69 Å². The minimum atomic E-state index is -0.0665. The molecule has 1 aromatic rings. The molecule has 24 heavy (non-hydrogen) atoms. The smallest absolute Gasteiger partial charge is 0.244 e. The van der Waals surface area contributed by atoms with Gasteiger partial charge in [-0.15, -0.1) is 0 Å². The molecule has 1 aliphatic rings. The van der Waals surface area contributed by atoms with Gasteiger partial charge in [-0.2, -0.15) is 0 Å². The summed E-state index contributed by atoms with van der Waals surface area (Å²) in [6.07, 6.45) is 0.945. The Labute approximate surface area is 148 Å². The van der Waals surface area contributed by atoms with Gasteiger partial charge in [-0.25, -0.2) is 0 Å². The Morgan fingerprint density at radius 3 is 2.58 bits per heavy atom. The summed E-state index contributed by atoms with van der Waals surface area (Å²) in [5, 5.41) is 3.44. The number of hydrogen-bond donors (Lipinski definition) is 4. The molecule has 4 N–H and O–H groups in total. The highest BCUT2D eigenvalue weighted by atomic mass is 32.1. The molecule has 0 unspecified atom stereocenters. The molecule has 0 radical (unpaired) electrons. The van der Waals surface area contributed by atoms with Crippen LogP contribution in [0.15, 0.2) is 24.3 Å². The molecule has 1 heterocycles. The number of rotatable bonds is 4. The molecule has 7 heteroatoms. The minimum Gasteiger partial charge on any atom is -0.364 e. The largest absolute Gasteiger partial charge is 0.364 e. The van der Waals surface area contributed by atoms with Gasteiger partial charge in [-0.1, -0.05) is 18.2 Å². The third-order valence-corrected chi connectivity index (χ3v) is 4.24. The number of morpholine rings is 1. The fourth-order valence-electron chi connectivity index (χ4n) is 2.94. The molecule has 1 fully saturated rings. The summed E-state index contributed by atoms with van der Waals surface area (Å²) in [6, 6.07) is 7.84. The van der Waals surface area contributed by atoms with E-state index in [1.807, 2.05) is 31.2 Å². The van der Waals surface area contributed by atoms with Crippen LogP contribution in [0.5, 0.6) is 0 Å². The number of quaternary nitrogens is 1. The normalized spacial score (nSPS) is 23.4. The Morgan fingerprint density at radius 1 is 1.25 bits per heavy atom. The van der Waals surface area contributed by atoms with Gasteiger partial charge in [0.15, 0.2) is 5.11 Å². The zero-order chi connectivity index (χ0) is 17.5. The Hall–Kier alpha value is -1.70. The van der Waals surface area contributed by atoms with Crippen LogP contribution in [0.4, 0.5) is 5.69 Å². The summed E-state index contributed by atoms with van der Waals surface area (Å²) in [7, 11) is 0. The van der Waals surface area contributed by atoms with Crippen LogP contribution < -0.4 is 21.1 Å². The first-order valence-corrected chi connectivity index (χ1v) is 8.75. The number of carbonyl (C=O) groups is 1. The van der Waals surface area contributed by atoms with Gasteiger partial charge in [0.1, 0.15) is 25.3 Å². The molecular weight excluding hydrogens is 324 g/mol. The lowest BCUT2D eigenvalue weighted by Crippen LogP contribution is -3.15. The van der Waals surface area contributed by atoms with Gasteiger partial charge in [0.25, 0.3) is 0 Å². The van der Waals surface area contributed by atoms with Gasteiger partial charge < -0.3 is 15.0 Å². The maximum atomic E-state index is 12.0. The van der Waals surface area contributed by atoms with E-state index in [9.17, 15) is 4.79 Å². The van der Waals surface area contributed by atoms with Gasteiger partial charge in [0.2, 0.25) is 5.91 Å². The summed E-state index contributed by atoms with van der Waals surface area (Å²) in [5.41, 5.74) is 7.41. The molecule has 0 bridgehead atoms.